The summed E-state index contributed by atoms with van der Waals surface area (Å²) in [5, 5.41) is 10.1. The third-order valence-electron chi connectivity index (χ3n) is 1.77. The number of aromatic nitrogens is 2. The van der Waals surface area contributed by atoms with Gasteiger partial charge in [-0.15, -0.1) is 11.3 Å². The van der Waals surface area contributed by atoms with Gasteiger partial charge in [0.15, 0.2) is 5.89 Å². The molecule has 0 bridgehead atoms. The van der Waals surface area contributed by atoms with E-state index in [4.69, 9.17) is 4.42 Å². The van der Waals surface area contributed by atoms with Crippen LogP contribution in [0.1, 0.15) is 23.8 Å². The molecule has 1 atom stereocenters. The molecular formula is C9H10N2O2S. The lowest BCUT2D eigenvalue weighted by molar-refractivity contribution is 0.203. The maximum absolute atomic E-state index is 9.32. The highest BCUT2D eigenvalue weighted by Gasteiger charge is 2.10. The van der Waals surface area contributed by atoms with Crippen molar-refractivity contribution in [2.24, 2.45) is 0 Å². The van der Waals surface area contributed by atoms with Gasteiger partial charge in [-0.2, -0.15) is 0 Å². The zero-order valence-electron chi connectivity index (χ0n) is 7.89. The normalized spacial score (nSPS) is 13.1. The largest absolute Gasteiger partial charge is 0.449 e. The Labute approximate surface area is 85.3 Å². The molecule has 2 aromatic rings. The van der Waals surface area contributed by atoms with E-state index < -0.39 is 6.10 Å². The number of oxazole rings is 1. The van der Waals surface area contributed by atoms with Crippen molar-refractivity contribution in [2.75, 3.05) is 0 Å². The van der Waals surface area contributed by atoms with Crippen molar-refractivity contribution >= 4 is 11.3 Å². The van der Waals surface area contributed by atoms with Crippen LogP contribution < -0.4 is 0 Å². The molecular weight excluding hydrogens is 200 g/mol. The molecule has 2 heterocycles. The molecule has 74 valence electrons. The Bertz CT molecular complexity index is 433. The molecule has 0 aromatic carbocycles. The Morgan fingerprint density at radius 2 is 2.36 bits per heavy atom. The minimum atomic E-state index is -0.478. The van der Waals surface area contributed by atoms with Gasteiger partial charge in [-0.25, -0.2) is 9.97 Å². The van der Waals surface area contributed by atoms with E-state index in [1.54, 1.807) is 26.3 Å². The number of aliphatic hydroxyl groups excluding tert-OH is 1. The average molecular weight is 210 g/mol. The molecule has 4 nitrogen and oxygen atoms in total. The molecule has 0 aliphatic rings. The summed E-state index contributed by atoms with van der Waals surface area (Å²) in [6.45, 7) is 3.50. The summed E-state index contributed by atoms with van der Waals surface area (Å²) in [6.07, 6.45) is 2.75. The lowest BCUT2D eigenvalue weighted by atomic mass is 10.4. The lowest BCUT2D eigenvalue weighted by Gasteiger charge is -1.94. The second-order valence-electron chi connectivity index (χ2n) is 3.00. The van der Waals surface area contributed by atoms with E-state index in [9.17, 15) is 5.11 Å². The summed E-state index contributed by atoms with van der Waals surface area (Å²) in [6, 6.07) is 0. The molecule has 0 amide bonds. The van der Waals surface area contributed by atoms with Crippen LogP contribution in [0.5, 0.6) is 0 Å². The number of hydrogen-bond donors (Lipinski definition) is 1. The van der Waals surface area contributed by atoms with Crippen molar-refractivity contribution in [1.29, 1.82) is 0 Å². The Hall–Kier alpha value is -1.20. The molecule has 1 N–H and O–H groups in total. The highest BCUT2D eigenvalue weighted by Crippen LogP contribution is 2.27. The topological polar surface area (TPSA) is 59.2 Å². The number of rotatable bonds is 2. The molecule has 0 radical (unpaired) electrons. The van der Waals surface area contributed by atoms with Crippen LogP contribution >= 0.6 is 11.3 Å². The van der Waals surface area contributed by atoms with E-state index in [-0.39, 0.29) is 0 Å². The fraction of sp³-hybridized carbons (Fsp3) is 0.333. The van der Waals surface area contributed by atoms with Gasteiger partial charge < -0.3 is 9.52 Å². The molecule has 0 fully saturated rings. The molecule has 5 heteroatoms. The summed E-state index contributed by atoms with van der Waals surface area (Å²) in [4.78, 5) is 9.14. The van der Waals surface area contributed by atoms with Crippen LogP contribution in [0.25, 0.3) is 10.7 Å². The molecule has 0 spiro atoms. The molecule has 14 heavy (non-hydrogen) atoms. The second kappa shape index (κ2) is 3.51. The van der Waals surface area contributed by atoms with Gasteiger partial charge in [0.25, 0.3) is 0 Å². The Kier molecular flexibility index (Phi) is 2.35. The summed E-state index contributed by atoms with van der Waals surface area (Å²) < 4.78 is 5.08. The average Bonchev–Trinajstić information content (AvgIpc) is 2.70. The summed E-state index contributed by atoms with van der Waals surface area (Å²) in [7, 11) is 0. The minimum absolute atomic E-state index is 0.478. The molecule has 1 unspecified atom stereocenters. The minimum Gasteiger partial charge on any atom is -0.449 e. The van der Waals surface area contributed by atoms with Gasteiger partial charge in [0.2, 0.25) is 0 Å². The van der Waals surface area contributed by atoms with Gasteiger partial charge in [-0.05, 0) is 6.92 Å². The van der Waals surface area contributed by atoms with Crippen LogP contribution in [-0.4, -0.2) is 15.1 Å². The third kappa shape index (κ3) is 1.69. The van der Waals surface area contributed by atoms with Gasteiger partial charge in [0.05, 0.1) is 11.0 Å². The fourth-order valence-electron chi connectivity index (χ4n) is 1.06. The third-order valence-corrected chi connectivity index (χ3v) is 2.96. The first-order valence-corrected chi connectivity index (χ1v) is 5.05. The van der Waals surface area contributed by atoms with Crippen LogP contribution in [0.2, 0.25) is 0 Å². The Morgan fingerprint density at radius 1 is 1.57 bits per heavy atom. The SMILES string of the molecule is Cc1nc(-c2ncc(C(C)O)s2)co1. The van der Waals surface area contributed by atoms with Gasteiger partial charge in [-0.3, -0.25) is 0 Å². The van der Waals surface area contributed by atoms with Crippen molar-refractivity contribution in [1.82, 2.24) is 9.97 Å². The number of thiazole rings is 1. The smallest absolute Gasteiger partial charge is 0.191 e. The van der Waals surface area contributed by atoms with E-state index in [1.165, 1.54) is 11.3 Å². The van der Waals surface area contributed by atoms with Crippen LogP contribution in [0.15, 0.2) is 16.9 Å². The fourth-order valence-corrected chi connectivity index (χ4v) is 1.86. The van der Waals surface area contributed by atoms with Gasteiger partial charge in [-0.1, -0.05) is 0 Å². The maximum Gasteiger partial charge on any atom is 0.191 e. The van der Waals surface area contributed by atoms with Gasteiger partial charge in [0.1, 0.15) is 17.0 Å². The zero-order chi connectivity index (χ0) is 10.1. The van der Waals surface area contributed by atoms with Crippen molar-refractivity contribution < 1.29 is 9.52 Å². The van der Waals surface area contributed by atoms with E-state index in [1.807, 2.05) is 0 Å². The summed E-state index contributed by atoms with van der Waals surface area (Å²) >= 11 is 1.42. The standard InChI is InChI=1S/C9H10N2O2S/c1-5(12)8-3-10-9(14-8)7-4-13-6(2)11-7/h3-5,12H,1-2H3. The monoisotopic (exact) mass is 210 g/mol. The van der Waals surface area contributed by atoms with Crippen molar-refractivity contribution in [3.63, 3.8) is 0 Å². The summed E-state index contributed by atoms with van der Waals surface area (Å²) in [5.74, 6) is 0.619. The molecule has 0 saturated carbocycles. The van der Waals surface area contributed by atoms with Crippen LogP contribution in [-0.2, 0) is 0 Å². The quantitative estimate of drug-likeness (QED) is 0.825. The number of aliphatic hydroxyl groups is 1. The Morgan fingerprint density at radius 3 is 2.86 bits per heavy atom. The predicted octanol–water partition coefficient (Wildman–Crippen LogP) is 2.16. The second-order valence-corrected chi connectivity index (χ2v) is 4.06. The number of hydrogen-bond acceptors (Lipinski definition) is 5. The zero-order valence-corrected chi connectivity index (χ0v) is 8.71. The highest BCUT2D eigenvalue weighted by molar-refractivity contribution is 7.15. The van der Waals surface area contributed by atoms with Crippen molar-refractivity contribution in [3.05, 3.63) is 23.2 Å². The summed E-state index contributed by atoms with van der Waals surface area (Å²) in [5.41, 5.74) is 0.722. The van der Waals surface area contributed by atoms with E-state index >= 15 is 0 Å². The molecule has 0 aliphatic heterocycles. The first kappa shape index (κ1) is 9.36. The van der Waals surface area contributed by atoms with Gasteiger partial charge >= 0.3 is 0 Å². The molecule has 2 rings (SSSR count). The van der Waals surface area contributed by atoms with Crippen LogP contribution in [0.3, 0.4) is 0 Å². The first-order chi connectivity index (χ1) is 6.66. The first-order valence-electron chi connectivity index (χ1n) is 4.23. The van der Waals surface area contributed by atoms with Crippen molar-refractivity contribution in [2.45, 2.75) is 20.0 Å². The van der Waals surface area contributed by atoms with Crippen LogP contribution in [0, 0.1) is 6.92 Å². The highest BCUT2D eigenvalue weighted by atomic mass is 32.1. The number of aryl methyl sites for hydroxylation is 1. The van der Waals surface area contributed by atoms with Gasteiger partial charge in [0, 0.05) is 13.1 Å². The molecule has 2 aromatic heterocycles. The maximum atomic E-state index is 9.32. The van der Waals surface area contributed by atoms with Crippen LogP contribution in [0.4, 0.5) is 0 Å². The lowest BCUT2D eigenvalue weighted by Crippen LogP contribution is -1.83. The van der Waals surface area contributed by atoms with E-state index in [0.717, 1.165) is 15.6 Å². The van der Waals surface area contributed by atoms with E-state index in [2.05, 4.69) is 9.97 Å². The predicted molar refractivity (Wildman–Crippen MR) is 53.0 cm³/mol. The Balaban J connectivity index is 2.33. The molecule has 0 saturated heterocycles. The van der Waals surface area contributed by atoms with E-state index in [0.29, 0.717) is 5.89 Å². The van der Waals surface area contributed by atoms with Crippen molar-refractivity contribution in [3.8, 4) is 10.7 Å². The number of nitrogens with zero attached hydrogens (tertiary/aromatic N) is 2. The molecule has 0 aliphatic carbocycles.